The third kappa shape index (κ3) is 3.46. The Morgan fingerprint density at radius 2 is 1.75 bits per heavy atom. The Labute approximate surface area is 145 Å². The second-order valence-electron chi connectivity index (χ2n) is 5.14. The molecule has 0 aliphatic carbocycles. The number of aliphatic imine (C=N–C) groups is 1. The molecule has 5 heteroatoms. The van der Waals surface area contributed by atoms with Gasteiger partial charge in [-0.2, -0.15) is 0 Å². The average molecular weight is 338 g/mol. The van der Waals surface area contributed by atoms with Crippen LogP contribution in [0.3, 0.4) is 0 Å². The maximum atomic E-state index is 5.31. The first-order valence-electron chi connectivity index (χ1n) is 7.50. The largest absolute Gasteiger partial charge is 0.493 e. The third-order valence-corrected chi connectivity index (χ3v) is 4.44. The smallest absolute Gasteiger partial charge is 0.209 e. The minimum Gasteiger partial charge on any atom is -0.493 e. The van der Waals surface area contributed by atoms with Gasteiger partial charge in [0, 0.05) is 16.7 Å². The molecule has 0 atom stereocenters. The normalized spacial score (nSPS) is 11.0. The Hall–Kier alpha value is -2.66. The van der Waals surface area contributed by atoms with E-state index in [1.54, 1.807) is 31.8 Å². The van der Waals surface area contributed by atoms with Gasteiger partial charge in [0.25, 0.3) is 0 Å². The number of rotatable bonds is 5. The van der Waals surface area contributed by atoms with Gasteiger partial charge in [-0.05, 0) is 30.7 Å². The molecule has 2 aromatic carbocycles. The van der Waals surface area contributed by atoms with Crippen LogP contribution in [0.15, 0.2) is 53.5 Å². The molecule has 3 rings (SSSR count). The predicted molar refractivity (Wildman–Crippen MR) is 99.1 cm³/mol. The van der Waals surface area contributed by atoms with Crippen molar-refractivity contribution in [3.8, 4) is 22.8 Å². The van der Waals surface area contributed by atoms with Crippen LogP contribution in [0.4, 0.5) is 5.13 Å². The lowest BCUT2D eigenvalue weighted by Crippen LogP contribution is -1.91. The second kappa shape index (κ2) is 7.27. The molecule has 24 heavy (non-hydrogen) atoms. The Morgan fingerprint density at radius 3 is 2.46 bits per heavy atom. The summed E-state index contributed by atoms with van der Waals surface area (Å²) in [6.07, 6.45) is 1.79. The first-order chi connectivity index (χ1) is 11.7. The molecule has 0 unspecified atom stereocenters. The summed E-state index contributed by atoms with van der Waals surface area (Å²) >= 11 is 1.58. The fraction of sp³-hybridized carbons (Fsp3) is 0.158. The standard InChI is InChI=1S/C19H18N2O2S/c1-13-18(15-7-5-4-6-8-15)21-19(24-13)20-12-14-9-10-16(22-2)17(11-14)23-3/h4-12H,1-3H3. The minimum absolute atomic E-state index is 0.682. The van der Waals surface area contributed by atoms with E-state index >= 15 is 0 Å². The highest BCUT2D eigenvalue weighted by molar-refractivity contribution is 7.15. The molecule has 0 aliphatic heterocycles. The van der Waals surface area contributed by atoms with Crippen molar-refractivity contribution in [1.29, 1.82) is 0 Å². The predicted octanol–water partition coefficient (Wildman–Crippen LogP) is 4.89. The summed E-state index contributed by atoms with van der Waals surface area (Å²) in [4.78, 5) is 10.3. The lowest BCUT2D eigenvalue weighted by molar-refractivity contribution is 0.355. The molecule has 0 radical (unpaired) electrons. The molecule has 0 amide bonds. The van der Waals surface area contributed by atoms with E-state index in [-0.39, 0.29) is 0 Å². The topological polar surface area (TPSA) is 43.7 Å². The monoisotopic (exact) mass is 338 g/mol. The van der Waals surface area contributed by atoms with Crippen molar-refractivity contribution in [3.63, 3.8) is 0 Å². The number of benzene rings is 2. The van der Waals surface area contributed by atoms with Crippen molar-refractivity contribution >= 4 is 22.7 Å². The molecule has 0 fully saturated rings. The highest BCUT2D eigenvalue weighted by atomic mass is 32.1. The van der Waals surface area contributed by atoms with Gasteiger partial charge in [-0.25, -0.2) is 9.98 Å². The highest BCUT2D eigenvalue weighted by Crippen LogP contribution is 2.32. The number of thiazole rings is 1. The van der Waals surface area contributed by atoms with Crippen LogP contribution in [0.5, 0.6) is 11.5 Å². The molecule has 0 bridgehead atoms. The zero-order chi connectivity index (χ0) is 16.9. The summed E-state index contributed by atoms with van der Waals surface area (Å²) in [5.74, 6) is 1.38. The SMILES string of the molecule is COc1ccc(C=Nc2nc(-c3ccccc3)c(C)s2)cc1OC. The fourth-order valence-corrected chi connectivity index (χ4v) is 3.14. The Balaban J connectivity index is 1.85. The van der Waals surface area contributed by atoms with Gasteiger partial charge in [-0.3, -0.25) is 0 Å². The van der Waals surface area contributed by atoms with Crippen molar-refractivity contribution in [2.45, 2.75) is 6.92 Å². The number of aryl methyl sites for hydroxylation is 1. The van der Waals surface area contributed by atoms with Gasteiger partial charge in [-0.1, -0.05) is 41.7 Å². The van der Waals surface area contributed by atoms with E-state index in [0.29, 0.717) is 11.5 Å². The van der Waals surface area contributed by atoms with Crippen LogP contribution in [-0.4, -0.2) is 25.4 Å². The molecule has 0 aliphatic rings. The molecule has 4 nitrogen and oxygen atoms in total. The first-order valence-corrected chi connectivity index (χ1v) is 8.32. The molecule has 3 aromatic rings. The van der Waals surface area contributed by atoms with E-state index in [2.05, 4.69) is 29.0 Å². The van der Waals surface area contributed by atoms with E-state index in [1.165, 1.54) is 0 Å². The number of hydrogen-bond donors (Lipinski definition) is 0. The van der Waals surface area contributed by atoms with Gasteiger partial charge >= 0.3 is 0 Å². The number of hydrogen-bond acceptors (Lipinski definition) is 5. The zero-order valence-corrected chi connectivity index (χ0v) is 14.6. The minimum atomic E-state index is 0.682. The quantitative estimate of drug-likeness (QED) is 0.622. The van der Waals surface area contributed by atoms with Crippen LogP contribution < -0.4 is 9.47 Å². The van der Waals surface area contributed by atoms with E-state index in [0.717, 1.165) is 26.8 Å². The average Bonchev–Trinajstić information content (AvgIpc) is 3.01. The van der Waals surface area contributed by atoms with Crippen LogP contribution in [0.25, 0.3) is 11.3 Å². The first kappa shape index (κ1) is 16.2. The van der Waals surface area contributed by atoms with E-state index in [9.17, 15) is 0 Å². The van der Waals surface area contributed by atoms with Gasteiger partial charge in [0.1, 0.15) is 0 Å². The molecule has 0 N–H and O–H groups in total. The van der Waals surface area contributed by atoms with Gasteiger partial charge in [0.2, 0.25) is 5.13 Å². The summed E-state index contributed by atoms with van der Waals surface area (Å²) in [5, 5.41) is 0.737. The molecule has 0 saturated heterocycles. The number of ether oxygens (including phenoxy) is 2. The molecule has 1 heterocycles. The third-order valence-electron chi connectivity index (χ3n) is 3.56. The van der Waals surface area contributed by atoms with Crippen molar-refractivity contribution in [3.05, 3.63) is 59.0 Å². The maximum Gasteiger partial charge on any atom is 0.209 e. The van der Waals surface area contributed by atoms with Gasteiger partial charge in [0.05, 0.1) is 19.9 Å². The molecule has 0 saturated carbocycles. The van der Waals surface area contributed by atoms with Gasteiger partial charge in [-0.15, -0.1) is 0 Å². The van der Waals surface area contributed by atoms with Crippen LogP contribution in [-0.2, 0) is 0 Å². The number of methoxy groups -OCH3 is 2. The summed E-state index contributed by atoms with van der Waals surface area (Å²) < 4.78 is 10.6. The summed E-state index contributed by atoms with van der Waals surface area (Å²) in [6, 6.07) is 15.8. The van der Waals surface area contributed by atoms with E-state index < -0.39 is 0 Å². The highest BCUT2D eigenvalue weighted by Gasteiger charge is 2.09. The Bertz CT molecular complexity index is 857. The van der Waals surface area contributed by atoms with Crippen molar-refractivity contribution in [2.75, 3.05) is 14.2 Å². The molecular formula is C19H18N2O2S. The molecule has 122 valence electrons. The van der Waals surface area contributed by atoms with Crippen LogP contribution in [0, 0.1) is 6.92 Å². The van der Waals surface area contributed by atoms with Crippen LogP contribution in [0.1, 0.15) is 10.4 Å². The number of aromatic nitrogens is 1. The van der Waals surface area contributed by atoms with Crippen molar-refractivity contribution < 1.29 is 9.47 Å². The zero-order valence-electron chi connectivity index (χ0n) is 13.8. The second-order valence-corrected chi connectivity index (χ2v) is 6.32. The van der Waals surface area contributed by atoms with Gasteiger partial charge < -0.3 is 9.47 Å². The molecular weight excluding hydrogens is 320 g/mol. The van der Waals surface area contributed by atoms with Crippen LogP contribution in [0.2, 0.25) is 0 Å². The maximum absolute atomic E-state index is 5.31. The fourth-order valence-electron chi connectivity index (χ4n) is 2.36. The lowest BCUT2D eigenvalue weighted by atomic mass is 10.1. The van der Waals surface area contributed by atoms with Crippen molar-refractivity contribution in [1.82, 2.24) is 4.98 Å². The summed E-state index contributed by atoms with van der Waals surface area (Å²) in [6.45, 7) is 2.06. The molecule has 1 aromatic heterocycles. The van der Waals surface area contributed by atoms with Crippen LogP contribution >= 0.6 is 11.3 Å². The Kier molecular flexibility index (Phi) is 4.91. The number of nitrogens with zero attached hydrogens (tertiary/aromatic N) is 2. The van der Waals surface area contributed by atoms with Gasteiger partial charge in [0.15, 0.2) is 11.5 Å². The van der Waals surface area contributed by atoms with E-state index in [1.807, 2.05) is 36.4 Å². The summed E-state index contributed by atoms with van der Waals surface area (Å²) in [5.41, 5.74) is 3.03. The molecule has 0 spiro atoms. The van der Waals surface area contributed by atoms with Crippen molar-refractivity contribution in [2.24, 2.45) is 4.99 Å². The lowest BCUT2D eigenvalue weighted by Gasteiger charge is -2.07. The summed E-state index contributed by atoms with van der Waals surface area (Å²) in [7, 11) is 3.24. The van der Waals surface area contributed by atoms with E-state index in [4.69, 9.17) is 9.47 Å². The Morgan fingerprint density at radius 1 is 1.00 bits per heavy atom.